The Hall–Kier alpha value is -2.87. The number of nitrogens with zero attached hydrogens (tertiary/aromatic N) is 5. The van der Waals surface area contributed by atoms with Crippen LogP contribution in [0.5, 0.6) is 11.5 Å². The summed E-state index contributed by atoms with van der Waals surface area (Å²) in [4.78, 5) is 27.2. The van der Waals surface area contributed by atoms with Crippen LogP contribution in [0, 0.1) is 0 Å². The minimum absolute atomic E-state index is 0.128. The number of anilines is 1. The Bertz CT molecular complexity index is 779. The molecule has 2 heterocycles. The van der Waals surface area contributed by atoms with Crippen LogP contribution in [0.15, 0.2) is 36.7 Å². The van der Waals surface area contributed by atoms with Gasteiger partial charge < -0.3 is 19.3 Å². The van der Waals surface area contributed by atoms with Gasteiger partial charge in [-0.2, -0.15) is 0 Å². The molecule has 1 aromatic heterocycles. The molecule has 8 nitrogen and oxygen atoms in total. The van der Waals surface area contributed by atoms with Gasteiger partial charge in [-0.05, 0) is 19.2 Å². The van der Waals surface area contributed by atoms with Crippen molar-refractivity contribution in [1.82, 2.24) is 19.8 Å². The van der Waals surface area contributed by atoms with Crippen molar-refractivity contribution >= 4 is 11.9 Å². The van der Waals surface area contributed by atoms with Gasteiger partial charge in [0.05, 0.1) is 20.8 Å². The minimum Gasteiger partial charge on any atom is -0.497 e. The second-order valence-corrected chi connectivity index (χ2v) is 6.77. The molecule has 0 unspecified atom stereocenters. The number of likely N-dealkylation sites (N-methyl/N-ethyl adjacent to an activating group) is 1. The van der Waals surface area contributed by atoms with Gasteiger partial charge in [-0.15, -0.1) is 0 Å². The van der Waals surface area contributed by atoms with E-state index in [4.69, 9.17) is 9.47 Å². The number of hydrogen-bond donors (Lipinski definition) is 0. The van der Waals surface area contributed by atoms with Crippen molar-refractivity contribution in [2.75, 3.05) is 58.9 Å². The van der Waals surface area contributed by atoms with Crippen LogP contribution in [0.25, 0.3) is 0 Å². The first kappa shape index (κ1) is 19.9. The number of aromatic nitrogens is 2. The molecule has 8 heteroatoms. The summed E-state index contributed by atoms with van der Waals surface area (Å²) in [5, 5.41) is 0. The lowest BCUT2D eigenvalue weighted by Crippen LogP contribution is -2.51. The van der Waals surface area contributed by atoms with Crippen LogP contribution in [0.4, 0.5) is 5.95 Å². The monoisotopic (exact) mass is 385 g/mol. The number of rotatable bonds is 7. The predicted octanol–water partition coefficient (Wildman–Crippen LogP) is 1.27. The maximum absolute atomic E-state index is 12.7. The number of piperazine rings is 1. The molecule has 3 rings (SSSR count). The van der Waals surface area contributed by atoms with Crippen molar-refractivity contribution in [2.24, 2.45) is 0 Å². The molecule has 1 amide bonds. The van der Waals surface area contributed by atoms with E-state index in [2.05, 4.69) is 14.9 Å². The van der Waals surface area contributed by atoms with E-state index in [9.17, 15) is 4.79 Å². The first-order valence-electron chi connectivity index (χ1n) is 9.30. The summed E-state index contributed by atoms with van der Waals surface area (Å²) in [5.41, 5.74) is 1.02. The lowest BCUT2D eigenvalue weighted by Gasteiger charge is -2.35. The molecule has 1 fully saturated rings. The number of ether oxygens (including phenoxy) is 2. The van der Waals surface area contributed by atoms with Gasteiger partial charge >= 0.3 is 0 Å². The maximum Gasteiger partial charge on any atom is 0.236 e. The number of hydrogen-bond acceptors (Lipinski definition) is 7. The van der Waals surface area contributed by atoms with Crippen LogP contribution in [-0.4, -0.2) is 79.7 Å². The summed E-state index contributed by atoms with van der Waals surface area (Å²) in [6.45, 7) is 3.82. The van der Waals surface area contributed by atoms with E-state index in [0.717, 1.165) is 36.1 Å². The summed E-state index contributed by atoms with van der Waals surface area (Å²) in [6, 6.07) is 7.53. The number of carbonyl (C=O) groups is 1. The molecule has 0 atom stereocenters. The molecule has 28 heavy (non-hydrogen) atoms. The molecule has 0 saturated carbocycles. The van der Waals surface area contributed by atoms with Crippen LogP contribution in [-0.2, 0) is 11.3 Å². The van der Waals surface area contributed by atoms with Crippen molar-refractivity contribution in [3.8, 4) is 11.5 Å². The van der Waals surface area contributed by atoms with Gasteiger partial charge in [-0.3, -0.25) is 9.69 Å². The number of amides is 1. The van der Waals surface area contributed by atoms with Crippen LogP contribution >= 0.6 is 0 Å². The quantitative estimate of drug-likeness (QED) is 0.711. The predicted molar refractivity (Wildman–Crippen MR) is 107 cm³/mol. The van der Waals surface area contributed by atoms with E-state index in [1.165, 1.54) is 0 Å². The number of benzene rings is 1. The fraction of sp³-hybridized carbons (Fsp3) is 0.450. The Balaban J connectivity index is 1.51. The Morgan fingerprint density at radius 1 is 1.11 bits per heavy atom. The summed E-state index contributed by atoms with van der Waals surface area (Å²) in [7, 11) is 5.21. The molecule has 1 aliphatic heterocycles. The van der Waals surface area contributed by atoms with Crippen LogP contribution in [0.1, 0.15) is 5.56 Å². The lowest BCUT2D eigenvalue weighted by atomic mass is 10.1. The summed E-state index contributed by atoms with van der Waals surface area (Å²) < 4.78 is 10.7. The molecule has 150 valence electrons. The topological polar surface area (TPSA) is 71.0 Å². The second kappa shape index (κ2) is 9.36. The highest BCUT2D eigenvalue weighted by atomic mass is 16.5. The summed E-state index contributed by atoms with van der Waals surface area (Å²) >= 11 is 0. The molecule has 1 aliphatic rings. The van der Waals surface area contributed by atoms with E-state index in [-0.39, 0.29) is 5.91 Å². The Labute approximate surface area is 165 Å². The molecule has 1 aromatic carbocycles. The van der Waals surface area contributed by atoms with Crippen molar-refractivity contribution in [2.45, 2.75) is 6.54 Å². The highest BCUT2D eigenvalue weighted by molar-refractivity contribution is 5.78. The van der Waals surface area contributed by atoms with E-state index in [1.54, 1.807) is 32.7 Å². The molecule has 0 N–H and O–H groups in total. The average Bonchev–Trinajstić information content (AvgIpc) is 2.74. The molecule has 1 saturated heterocycles. The Morgan fingerprint density at radius 3 is 2.46 bits per heavy atom. The van der Waals surface area contributed by atoms with Gasteiger partial charge in [0.2, 0.25) is 11.9 Å². The largest absolute Gasteiger partial charge is 0.497 e. The molecular formula is C20H27N5O3. The van der Waals surface area contributed by atoms with Gasteiger partial charge in [-0.1, -0.05) is 6.07 Å². The smallest absolute Gasteiger partial charge is 0.236 e. The zero-order valence-corrected chi connectivity index (χ0v) is 16.7. The summed E-state index contributed by atoms with van der Waals surface area (Å²) in [5.74, 6) is 2.36. The third-order valence-corrected chi connectivity index (χ3v) is 4.81. The van der Waals surface area contributed by atoms with Crippen molar-refractivity contribution < 1.29 is 14.3 Å². The van der Waals surface area contributed by atoms with Gasteiger partial charge in [0, 0.05) is 56.7 Å². The lowest BCUT2D eigenvalue weighted by molar-refractivity contribution is -0.132. The van der Waals surface area contributed by atoms with Crippen LogP contribution in [0.3, 0.4) is 0 Å². The fourth-order valence-electron chi connectivity index (χ4n) is 3.27. The van der Waals surface area contributed by atoms with E-state index in [1.807, 2.05) is 35.0 Å². The van der Waals surface area contributed by atoms with E-state index >= 15 is 0 Å². The third kappa shape index (κ3) is 4.89. The molecule has 2 aromatic rings. The normalized spacial score (nSPS) is 14.3. The van der Waals surface area contributed by atoms with Gasteiger partial charge in [0.15, 0.2) is 0 Å². The summed E-state index contributed by atoms with van der Waals surface area (Å²) in [6.07, 6.45) is 3.48. The number of carbonyl (C=O) groups excluding carboxylic acids is 1. The highest BCUT2D eigenvalue weighted by Crippen LogP contribution is 2.25. The first-order valence-corrected chi connectivity index (χ1v) is 9.30. The molecular weight excluding hydrogens is 358 g/mol. The third-order valence-electron chi connectivity index (χ3n) is 4.81. The Morgan fingerprint density at radius 2 is 1.82 bits per heavy atom. The SMILES string of the molecule is COc1ccc(CN(C)CC(=O)N2CCN(c3ncccn3)CC2)c(OC)c1. The van der Waals surface area contributed by atoms with Crippen molar-refractivity contribution in [3.63, 3.8) is 0 Å². The van der Waals surface area contributed by atoms with Crippen molar-refractivity contribution in [3.05, 3.63) is 42.2 Å². The average molecular weight is 385 g/mol. The van der Waals surface area contributed by atoms with E-state index in [0.29, 0.717) is 26.2 Å². The van der Waals surface area contributed by atoms with E-state index < -0.39 is 0 Å². The minimum atomic E-state index is 0.128. The molecule has 0 aliphatic carbocycles. The first-order chi connectivity index (χ1) is 13.6. The number of methoxy groups -OCH3 is 2. The fourth-order valence-corrected chi connectivity index (χ4v) is 3.27. The highest BCUT2D eigenvalue weighted by Gasteiger charge is 2.23. The van der Waals surface area contributed by atoms with Crippen LogP contribution in [0.2, 0.25) is 0 Å². The zero-order chi connectivity index (χ0) is 19.9. The Kier molecular flexibility index (Phi) is 6.65. The molecule has 0 radical (unpaired) electrons. The molecule has 0 spiro atoms. The van der Waals surface area contributed by atoms with Crippen molar-refractivity contribution in [1.29, 1.82) is 0 Å². The molecule has 0 bridgehead atoms. The van der Waals surface area contributed by atoms with Gasteiger partial charge in [0.25, 0.3) is 0 Å². The zero-order valence-electron chi connectivity index (χ0n) is 16.7. The standard InChI is InChI=1S/C20H27N5O3/c1-23(14-16-5-6-17(27-2)13-18(16)28-3)15-19(26)24-9-11-25(12-10-24)20-21-7-4-8-22-20/h4-8,13H,9-12,14-15H2,1-3H3. The maximum atomic E-state index is 12.7. The van der Waals surface area contributed by atoms with Gasteiger partial charge in [0.1, 0.15) is 11.5 Å². The van der Waals surface area contributed by atoms with Crippen LogP contribution < -0.4 is 14.4 Å². The van der Waals surface area contributed by atoms with Gasteiger partial charge in [-0.25, -0.2) is 9.97 Å². The second-order valence-electron chi connectivity index (χ2n) is 6.77.